The van der Waals surface area contributed by atoms with Crippen LogP contribution in [0.4, 0.5) is 4.39 Å². The molecule has 1 rings (SSSR count). The molecule has 6 nitrogen and oxygen atoms in total. The molecule has 0 heterocycles. The van der Waals surface area contributed by atoms with E-state index in [0.717, 1.165) is 0 Å². The van der Waals surface area contributed by atoms with Crippen LogP contribution >= 0.6 is 0 Å². The monoisotopic (exact) mass is 352 g/mol. The summed E-state index contributed by atoms with van der Waals surface area (Å²) in [5.41, 5.74) is -0.588. The highest BCUT2D eigenvalue weighted by Crippen LogP contribution is 2.25. The molecule has 0 aromatic heterocycles. The summed E-state index contributed by atoms with van der Waals surface area (Å²) in [6.45, 7) is 3.97. The maximum atomic E-state index is 12.8. The standard InChI is InChI=1S/C18H25FN2O4/c1-3-18(4-2,17(24)25)12-21-15(22)6-5-11-20-16(23)13-7-9-14(19)10-8-13/h7-10H,3-6,11-12H2,1-2H3,(H,20,23)(H,21,22)(H,24,25). The van der Waals surface area contributed by atoms with Crippen LogP contribution < -0.4 is 10.6 Å². The molecular weight excluding hydrogens is 327 g/mol. The molecule has 0 aliphatic rings. The number of carboxylic acids is 1. The number of amides is 2. The Morgan fingerprint density at radius 3 is 2.20 bits per heavy atom. The van der Waals surface area contributed by atoms with E-state index < -0.39 is 17.2 Å². The van der Waals surface area contributed by atoms with E-state index >= 15 is 0 Å². The Labute approximate surface area is 146 Å². The Hall–Kier alpha value is -2.44. The molecule has 0 aliphatic carbocycles. The molecule has 0 saturated heterocycles. The van der Waals surface area contributed by atoms with Crippen molar-refractivity contribution in [3.8, 4) is 0 Å². The highest BCUT2D eigenvalue weighted by atomic mass is 19.1. The van der Waals surface area contributed by atoms with Crippen LogP contribution in [0.15, 0.2) is 24.3 Å². The van der Waals surface area contributed by atoms with E-state index in [9.17, 15) is 23.9 Å². The minimum atomic E-state index is -0.938. The summed E-state index contributed by atoms with van der Waals surface area (Å²) in [4.78, 5) is 35.0. The van der Waals surface area contributed by atoms with Gasteiger partial charge in [-0.2, -0.15) is 0 Å². The van der Waals surface area contributed by atoms with E-state index in [2.05, 4.69) is 10.6 Å². The number of carbonyl (C=O) groups excluding carboxylic acids is 2. The number of benzene rings is 1. The van der Waals surface area contributed by atoms with Gasteiger partial charge in [0, 0.05) is 25.1 Å². The fraction of sp³-hybridized carbons (Fsp3) is 0.500. The Bertz CT molecular complexity index is 598. The first-order valence-corrected chi connectivity index (χ1v) is 8.38. The van der Waals surface area contributed by atoms with Crippen LogP contribution in [0, 0.1) is 11.2 Å². The van der Waals surface area contributed by atoms with Gasteiger partial charge < -0.3 is 15.7 Å². The number of hydrogen-bond donors (Lipinski definition) is 3. The minimum absolute atomic E-state index is 0.0934. The first-order valence-electron chi connectivity index (χ1n) is 8.38. The molecule has 0 unspecified atom stereocenters. The molecule has 0 radical (unpaired) electrons. The molecule has 0 saturated carbocycles. The summed E-state index contributed by atoms with van der Waals surface area (Å²) < 4.78 is 12.8. The van der Waals surface area contributed by atoms with Crippen LogP contribution in [0.5, 0.6) is 0 Å². The third kappa shape index (κ3) is 6.17. The number of nitrogens with one attached hydrogen (secondary N) is 2. The lowest BCUT2D eigenvalue weighted by Crippen LogP contribution is -2.42. The molecule has 25 heavy (non-hydrogen) atoms. The number of halogens is 1. The minimum Gasteiger partial charge on any atom is -0.481 e. The van der Waals surface area contributed by atoms with Crippen LogP contribution in [0.3, 0.4) is 0 Å². The van der Waals surface area contributed by atoms with E-state index in [1.807, 2.05) is 0 Å². The summed E-state index contributed by atoms with van der Waals surface area (Å²) in [6, 6.07) is 5.19. The average molecular weight is 352 g/mol. The third-order valence-corrected chi connectivity index (χ3v) is 4.40. The fourth-order valence-corrected chi connectivity index (χ4v) is 2.39. The Balaban J connectivity index is 2.31. The Kier molecular flexibility index (Phi) is 8.04. The molecule has 0 fully saturated rings. The molecular formula is C18H25FN2O4. The Morgan fingerprint density at radius 1 is 1.08 bits per heavy atom. The summed E-state index contributed by atoms with van der Waals surface area (Å²) in [7, 11) is 0. The van der Waals surface area contributed by atoms with Gasteiger partial charge in [0.15, 0.2) is 0 Å². The van der Waals surface area contributed by atoms with Crippen molar-refractivity contribution in [2.24, 2.45) is 5.41 Å². The number of carbonyl (C=O) groups is 3. The Morgan fingerprint density at radius 2 is 1.68 bits per heavy atom. The fourth-order valence-electron chi connectivity index (χ4n) is 2.39. The second-order valence-electron chi connectivity index (χ2n) is 5.94. The third-order valence-electron chi connectivity index (χ3n) is 4.40. The van der Waals surface area contributed by atoms with E-state index in [1.54, 1.807) is 13.8 Å². The predicted octanol–water partition coefficient (Wildman–Crippen LogP) is 2.34. The molecule has 0 aliphatic heterocycles. The van der Waals surface area contributed by atoms with E-state index in [-0.39, 0.29) is 24.8 Å². The molecule has 3 N–H and O–H groups in total. The lowest BCUT2D eigenvalue weighted by Gasteiger charge is -2.26. The number of aliphatic carboxylic acids is 1. The van der Waals surface area contributed by atoms with Crippen LogP contribution in [0.25, 0.3) is 0 Å². The van der Waals surface area contributed by atoms with Gasteiger partial charge in [-0.15, -0.1) is 0 Å². The first kappa shape index (κ1) is 20.6. The van der Waals surface area contributed by atoms with Gasteiger partial charge in [-0.3, -0.25) is 14.4 Å². The van der Waals surface area contributed by atoms with Crippen molar-refractivity contribution in [2.45, 2.75) is 39.5 Å². The molecule has 0 spiro atoms. The van der Waals surface area contributed by atoms with Crippen molar-refractivity contribution >= 4 is 17.8 Å². The molecule has 2 amide bonds. The van der Waals surface area contributed by atoms with Crippen molar-refractivity contribution < 1.29 is 23.9 Å². The normalized spacial score (nSPS) is 11.0. The van der Waals surface area contributed by atoms with Crippen LogP contribution in [0.1, 0.15) is 49.9 Å². The van der Waals surface area contributed by atoms with E-state index in [4.69, 9.17) is 0 Å². The van der Waals surface area contributed by atoms with Crippen molar-refractivity contribution in [1.29, 1.82) is 0 Å². The largest absolute Gasteiger partial charge is 0.481 e. The summed E-state index contributed by atoms with van der Waals surface area (Å²) in [5, 5.41) is 14.6. The van der Waals surface area contributed by atoms with Crippen molar-refractivity contribution in [2.75, 3.05) is 13.1 Å². The van der Waals surface area contributed by atoms with Gasteiger partial charge in [-0.1, -0.05) is 13.8 Å². The lowest BCUT2D eigenvalue weighted by molar-refractivity contribution is -0.149. The molecule has 138 valence electrons. The molecule has 1 aromatic carbocycles. The molecule has 0 atom stereocenters. The van der Waals surface area contributed by atoms with Crippen LogP contribution in [-0.4, -0.2) is 36.0 Å². The maximum absolute atomic E-state index is 12.8. The van der Waals surface area contributed by atoms with Crippen LogP contribution in [-0.2, 0) is 9.59 Å². The second kappa shape index (κ2) is 9.76. The maximum Gasteiger partial charge on any atom is 0.311 e. The summed E-state index contributed by atoms with van der Waals surface area (Å²) in [6.07, 6.45) is 1.49. The van der Waals surface area contributed by atoms with Crippen molar-refractivity contribution in [3.05, 3.63) is 35.6 Å². The van der Waals surface area contributed by atoms with Gasteiger partial charge in [-0.25, -0.2) is 4.39 Å². The first-order chi connectivity index (χ1) is 11.8. The van der Waals surface area contributed by atoms with Gasteiger partial charge in [0.25, 0.3) is 5.91 Å². The van der Waals surface area contributed by atoms with Gasteiger partial charge in [0.1, 0.15) is 5.82 Å². The highest BCUT2D eigenvalue weighted by molar-refractivity contribution is 5.94. The summed E-state index contributed by atoms with van der Waals surface area (Å²) >= 11 is 0. The van der Waals surface area contributed by atoms with E-state index in [0.29, 0.717) is 31.4 Å². The zero-order chi connectivity index (χ0) is 18.9. The van der Waals surface area contributed by atoms with Crippen molar-refractivity contribution in [3.63, 3.8) is 0 Å². The second-order valence-corrected chi connectivity index (χ2v) is 5.94. The van der Waals surface area contributed by atoms with Gasteiger partial charge in [0.2, 0.25) is 5.91 Å². The SMILES string of the molecule is CCC(CC)(CNC(=O)CCCNC(=O)c1ccc(F)cc1)C(=O)O. The number of hydrogen-bond acceptors (Lipinski definition) is 3. The molecule has 7 heteroatoms. The van der Waals surface area contributed by atoms with Gasteiger partial charge in [-0.05, 0) is 43.5 Å². The number of carboxylic acid groups (broad SMARTS) is 1. The summed E-state index contributed by atoms with van der Waals surface area (Å²) in [5.74, 6) is -1.90. The van der Waals surface area contributed by atoms with Crippen molar-refractivity contribution in [1.82, 2.24) is 10.6 Å². The smallest absolute Gasteiger partial charge is 0.311 e. The van der Waals surface area contributed by atoms with Crippen LogP contribution in [0.2, 0.25) is 0 Å². The van der Waals surface area contributed by atoms with E-state index in [1.165, 1.54) is 24.3 Å². The molecule has 0 bridgehead atoms. The zero-order valence-corrected chi connectivity index (χ0v) is 14.6. The van der Waals surface area contributed by atoms with Gasteiger partial charge >= 0.3 is 5.97 Å². The molecule has 1 aromatic rings. The highest BCUT2D eigenvalue weighted by Gasteiger charge is 2.34. The average Bonchev–Trinajstić information content (AvgIpc) is 2.60. The lowest BCUT2D eigenvalue weighted by atomic mass is 9.82. The topological polar surface area (TPSA) is 95.5 Å². The van der Waals surface area contributed by atoms with Gasteiger partial charge in [0.05, 0.1) is 5.41 Å². The zero-order valence-electron chi connectivity index (χ0n) is 14.6. The predicted molar refractivity (Wildman–Crippen MR) is 91.6 cm³/mol. The number of rotatable bonds is 10. The quantitative estimate of drug-likeness (QED) is 0.563.